The molecule has 1 heterocycles. The van der Waals surface area contributed by atoms with E-state index < -0.39 is 6.10 Å². The fourth-order valence-corrected chi connectivity index (χ4v) is 2.01. The lowest BCUT2D eigenvalue weighted by Gasteiger charge is -2.36. The molecule has 1 saturated heterocycles. The minimum atomic E-state index is -0.530. The van der Waals surface area contributed by atoms with Gasteiger partial charge < -0.3 is 9.84 Å². The van der Waals surface area contributed by atoms with E-state index in [0.29, 0.717) is 0 Å². The van der Waals surface area contributed by atoms with E-state index in [9.17, 15) is 9.90 Å². The number of unbranched alkanes of at least 4 members (excludes halogenated alkanes) is 1. The molecule has 0 bridgehead atoms. The lowest BCUT2D eigenvalue weighted by Crippen LogP contribution is -2.46. The van der Waals surface area contributed by atoms with Gasteiger partial charge in [0.1, 0.15) is 6.10 Å². The minimum Gasteiger partial charge on any atom is -0.462 e. The molecular formula is C11H20O3. The third kappa shape index (κ3) is 2.27. The molecule has 0 aromatic heterocycles. The van der Waals surface area contributed by atoms with Crippen LogP contribution in [0, 0.1) is 11.8 Å². The van der Waals surface area contributed by atoms with Crippen LogP contribution in [0.2, 0.25) is 0 Å². The SMILES string of the molecule is CCCC[C@H]1[C@H](O)[C@@H](C)C(=O)O[C@@H]1C. The first-order chi connectivity index (χ1) is 6.57. The predicted molar refractivity (Wildman–Crippen MR) is 53.7 cm³/mol. The number of cyclic esters (lactones) is 1. The first-order valence-corrected chi connectivity index (χ1v) is 5.46. The zero-order valence-electron chi connectivity index (χ0n) is 9.19. The average Bonchev–Trinajstić information content (AvgIpc) is 2.14. The summed E-state index contributed by atoms with van der Waals surface area (Å²) >= 11 is 0. The van der Waals surface area contributed by atoms with Crippen molar-refractivity contribution in [3.05, 3.63) is 0 Å². The number of ether oxygens (including phenoxy) is 1. The molecule has 0 amide bonds. The Bertz CT molecular complexity index is 203. The number of aliphatic hydroxyl groups excluding tert-OH is 1. The van der Waals surface area contributed by atoms with Crippen LogP contribution >= 0.6 is 0 Å². The summed E-state index contributed by atoms with van der Waals surface area (Å²) in [5.74, 6) is -0.520. The van der Waals surface area contributed by atoms with E-state index in [2.05, 4.69) is 6.92 Å². The summed E-state index contributed by atoms with van der Waals surface area (Å²) < 4.78 is 5.18. The van der Waals surface area contributed by atoms with Crippen molar-refractivity contribution in [2.45, 2.75) is 52.2 Å². The van der Waals surface area contributed by atoms with Crippen molar-refractivity contribution in [2.24, 2.45) is 11.8 Å². The smallest absolute Gasteiger partial charge is 0.311 e. The van der Waals surface area contributed by atoms with Gasteiger partial charge in [0.05, 0.1) is 12.0 Å². The first kappa shape index (κ1) is 11.5. The normalized spacial score (nSPS) is 38.1. The van der Waals surface area contributed by atoms with Crippen molar-refractivity contribution >= 4 is 5.97 Å². The van der Waals surface area contributed by atoms with E-state index >= 15 is 0 Å². The van der Waals surface area contributed by atoms with Crippen LogP contribution in [0.25, 0.3) is 0 Å². The molecule has 0 aromatic carbocycles. The summed E-state index contributed by atoms with van der Waals surface area (Å²) in [4.78, 5) is 11.3. The number of esters is 1. The molecule has 0 saturated carbocycles. The molecule has 4 atom stereocenters. The maximum Gasteiger partial charge on any atom is 0.311 e. The van der Waals surface area contributed by atoms with Crippen molar-refractivity contribution < 1.29 is 14.6 Å². The molecular weight excluding hydrogens is 180 g/mol. The van der Waals surface area contributed by atoms with Crippen LogP contribution in [0.15, 0.2) is 0 Å². The second-order valence-electron chi connectivity index (χ2n) is 4.23. The van der Waals surface area contributed by atoms with E-state index in [4.69, 9.17) is 4.74 Å². The molecule has 1 N–H and O–H groups in total. The summed E-state index contributed by atoms with van der Waals surface area (Å²) in [7, 11) is 0. The Labute approximate surface area is 85.5 Å². The number of carbonyl (C=O) groups excluding carboxylic acids is 1. The fraction of sp³-hybridized carbons (Fsp3) is 0.909. The largest absolute Gasteiger partial charge is 0.462 e. The molecule has 14 heavy (non-hydrogen) atoms. The van der Waals surface area contributed by atoms with Crippen molar-refractivity contribution in [1.29, 1.82) is 0 Å². The van der Waals surface area contributed by atoms with Gasteiger partial charge in [-0.3, -0.25) is 4.79 Å². The standard InChI is InChI=1S/C11H20O3/c1-4-5-6-9-8(3)14-11(13)7(2)10(9)12/h7-10,12H,4-6H2,1-3H3/t7-,8-,9-,10-/m1/s1. The van der Waals surface area contributed by atoms with Crippen molar-refractivity contribution in [1.82, 2.24) is 0 Å². The Hall–Kier alpha value is -0.570. The average molecular weight is 200 g/mol. The van der Waals surface area contributed by atoms with Crippen LogP contribution in [0.4, 0.5) is 0 Å². The summed E-state index contributed by atoms with van der Waals surface area (Å²) in [5, 5.41) is 9.90. The Balaban J connectivity index is 2.59. The van der Waals surface area contributed by atoms with E-state index in [1.54, 1.807) is 6.92 Å². The highest BCUT2D eigenvalue weighted by Crippen LogP contribution is 2.30. The third-order valence-corrected chi connectivity index (χ3v) is 3.12. The highest BCUT2D eigenvalue weighted by molar-refractivity contribution is 5.73. The molecule has 3 heteroatoms. The van der Waals surface area contributed by atoms with Gasteiger partial charge in [0, 0.05) is 5.92 Å². The van der Waals surface area contributed by atoms with Gasteiger partial charge in [0.2, 0.25) is 0 Å². The minimum absolute atomic E-state index is 0.114. The van der Waals surface area contributed by atoms with Crippen LogP contribution in [-0.4, -0.2) is 23.3 Å². The fourth-order valence-electron chi connectivity index (χ4n) is 2.01. The van der Waals surface area contributed by atoms with Gasteiger partial charge in [-0.15, -0.1) is 0 Å². The quantitative estimate of drug-likeness (QED) is 0.706. The van der Waals surface area contributed by atoms with Gasteiger partial charge in [-0.25, -0.2) is 0 Å². The Morgan fingerprint density at radius 3 is 2.64 bits per heavy atom. The number of aliphatic hydroxyl groups is 1. The van der Waals surface area contributed by atoms with Crippen LogP contribution < -0.4 is 0 Å². The van der Waals surface area contributed by atoms with E-state index in [-0.39, 0.29) is 23.9 Å². The van der Waals surface area contributed by atoms with Gasteiger partial charge in [-0.1, -0.05) is 19.8 Å². The Morgan fingerprint density at radius 2 is 2.07 bits per heavy atom. The molecule has 0 unspecified atom stereocenters. The van der Waals surface area contributed by atoms with Gasteiger partial charge in [0.25, 0.3) is 0 Å². The topological polar surface area (TPSA) is 46.5 Å². The molecule has 0 aromatic rings. The number of hydrogen-bond donors (Lipinski definition) is 1. The van der Waals surface area contributed by atoms with Crippen molar-refractivity contribution in [3.8, 4) is 0 Å². The van der Waals surface area contributed by atoms with E-state index in [1.165, 1.54) is 0 Å². The maximum absolute atomic E-state index is 11.3. The van der Waals surface area contributed by atoms with Crippen molar-refractivity contribution in [2.75, 3.05) is 0 Å². The lowest BCUT2D eigenvalue weighted by atomic mass is 9.82. The van der Waals surface area contributed by atoms with Gasteiger partial charge >= 0.3 is 5.97 Å². The number of hydrogen-bond acceptors (Lipinski definition) is 3. The number of rotatable bonds is 3. The molecule has 1 fully saturated rings. The molecule has 82 valence electrons. The van der Waals surface area contributed by atoms with Gasteiger partial charge in [0.15, 0.2) is 0 Å². The molecule has 0 aliphatic carbocycles. The van der Waals surface area contributed by atoms with Crippen LogP contribution in [0.5, 0.6) is 0 Å². The first-order valence-electron chi connectivity index (χ1n) is 5.46. The summed E-state index contributed by atoms with van der Waals surface area (Å²) in [6.45, 7) is 5.72. The van der Waals surface area contributed by atoms with Crippen LogP contribution in [-0.2, 0) is 9.53 Å². The van der Waals surface area contributed by atoms with Crippen LogP contribution in [0.3, 0.4) is 0 Å². The van der Waals surface area contributed by atoms with E-state index in [1.807, 2.05) is 6.92 Å². The lowest BCUT2D eigenvalue weighted by molar-refractivity contribution is -0.177. The molecule has 0 radical (unpaired) electrons. The van der Waals surface area contributed by atoms with Gasteiger partial charge in [-0.05, 0) is 20.3 Å². The highest BCUT2D eigenvalue weighted by Gasteiger charge is 2.40. The second-order valence-corrected chi connectivity index (χ2v) is 4.23. The Morgan fingerprint density at radius 1 is 1.43 bits per heavy atom. The summed E-state index contributed by atoms with van der Waals surface area (Å²) in [6, 6.07) is 0. The molecule has 1 aliphatic rings. The Kier molecular flexibility index (Phi) is 3.93. The zero-order chi connectivity index (χ0) is 10.7. The molecule has 1 aliphatic heterocycles. The summed E-state index contributed by atoms with van der Waals surface area (Å²) in [5.41, 5.74) is 0. The van der Waals surface area contributed by atoms with E-state index in [0.717, 1.165) is 19.3 Å². The third-order valence-electron chi connectivity index (χ3n) is 3.12. The molecule has 0 spiro atoms. The highest BCUT2D eigenvalue weighted by atomic mass is 16.5. The number of carbonyl (C=O) groups is 1. The molecule has 3 nitrogen and oxygen atoms in total. The van der Waals surface area contributed by atoms with Crippen molar-refractivity contribution in [3.63, 3.8) is 0 Å². The summed E-state index contributed by atoms with van der Waals surface area (Å²) in [6.07, 6.45) is 2.46. The predicted octanol–water partition coefficient (Wildman–Crippen LogP) is 1.74. The van der Waals surface area contributed by atoms with Crippen LogP contribution in [0.1, 0.15) is 40.0 Å². The zero-order valence-corrected chi connectivity index (χ0v) is 9.19. The van der Waals surface area contributed by atoms with Gasteiger partial charge in [-0.2, -0.15) is 0 Å². The monoisotopic (exact) mass is 200 g/mol. The maximum atomic E-state index is 11.3. The molecule has 1 rings (SSSR count). The second kappa shape index (κ2) is 4.78.